The third-order valence-corrected chi connectivity index (χ3v) is 5.56. The predicted octanol–water partition coefficient (Wildman–Crippen LogP) is 3.37. The number of amides is 2. The Labute approximate surface area is 164 Å². The van der Waals surface area contributed by atoms with Crippen LogP contribution < -0.4 is 10.2 Å². The van der Waals surface area contributed by atoms with Gasteiger partial charge in [-0.15, -0.1) is 11.3 Å². The second kappa shape index (κ2) is 8.22. The van der Waals surface area contributed by atoms with E-state index < -0.39 is 11.7 Å². The molecule has 1 aromatic carbocycles. The number of nitrogens with zero attached hydrogens (tertiary/aromatic N) is 2. The van der Waals surface area contributed by atoms with Gasteiger partial charge in [0.15, 0.2) is 0 Å². The van der Waals surface area contributed by atoms with E-state index >= 15 is 0 Å². The molecular formula is C19H20F3N3O2S. The molecule has 1 aliphatic heterocycles. The summed E-state index contributed by atoms with van der Waals surface area (Å²) in [5.41, 5.74) is -0.163. The summed E-state index contributed by atoms with van der Waals surface area (Å²) in [6, 6.07) is 8.80. The number of carbonyl (C=O) groups is 2. The molecule has 9 heteroatoms. The van der Waals surface area contributed by atoms with E-state index in [0.717, 1.165) is 17.0 Å². The van der Waals surface area contributed by atoms with Crippen molar-refractivity contribution in [3.63, 3.8) is 0 Å². The molecule has 0 bridgehead atoms. The number of carbonyl (C=O) groups excluding carboxylic acids is 2. The van der Waals surface area contributed by atoms with E-state index in [2.05, 4.69) is 5.32 Å². The molecule has 1 aromatic heterocycles. The minimum Gasteiger partial charge on any atom is -0.368 e. The van der Waals surface area contributed by atoms with Crippen molar-refractivity contribution in [2.45, 2.75) is 19.6 Å². The summed E-state index contributed by atoms with van der Waals surface area (Å²) in [7, 11) is 0. The molecule has 28 heavy (non-hydrogen) atoms. The molecule has 1 saturated heterocycles. The third kappa shape index (κ3) is 4.83. The zero-order valence-electron chi connectivity index (χ0n) is 15.3. The van der Waals surface area contributed by atoms with Crippen molar-refractivity contribution in [1.82, 2.24) is 10.2 Å². The Bertz CT molecular complexity index is 858. The second-order valence-electron chi connectivity index (χ2n) is 6.50. The number of piperazine rings is 1. The van der Waals surface area contributed by atoms with E-state index in [0.29, 0.717) is 43.3 Å². The number of hydrogen-bond donors (Lipinski definition) is 1. The maximum Gasteiger partial charge on any atom is 0.416 e. The number of rotatable bonds is 4. The quantitative estimate of drug-likeness (QED) is 0.840. The molecule has 1 aliphatic rings. The Morgan fingerprint density at radius 1 is 1.11 bits per heavy atom. The molecule has 2 heterocycles. The van der Waals surface area contributed by atoms with Crippen LogP contribution in [0.2, 0.25) is 0 Å². The molecule has 5 nitrogen and oxygen atoms in total. The molecule has 3 rings (SSSR count). The Balaban J connectivity index is 1.59. The largest absolute Gasteiger partial charge is 0.416 e. The van der Waals surface area contributed by atoms with Crippen molar-refractivity contribution in [1.29, 1.82) is 0 Å². The van der Waals surface area contributed by atoms with E-state index in [9.17, 15) is 22.8 Å². The van der Waals surface area contributed by atoms with Crippen molar-refractivity contribution in [3.05, 3.63) is 51.7 Å². The van der Waals surface area contributed by atoms with Crippen LogP contribution in [0.5, 0.6) is 0 Å². The number of thiophene rings is 1. The SMILES string of the molecule is CC(=O)NCc1ccc(C(=O)N2CCN(c3cccc(C(F)(F)F)c3)CC2)s1. The van der Waals surface area contributed by atoms with Gasteiger partial charge in [-0.25, -0.2) is 0 Å². The van der Waals surface area contributed by atoms with Crippen LogP contribution in [0.3, 0.4) is 0 Å². The van der Waals surface area contributed by atoms with Crippen LogP contribution in [0.1, 0.15) is 27.0 Å². The van der Waals surface area contributed by atoms with Crippen molar-refractivity contribution >= 4 is 28.8 Å². The minimum atomic E-state index is -4.37. The van der Waals surface area contributed by atoms with Crippen molar-refractivity contribution in [3.8, 4) is 0 Å². The lowest BCUT2D eigenvalue weighted by atomic mass is 10.1. The van der Waals surface area contributed by atoms with Gasteiger partial charge < -0.3 is 15.1 Å². The van der Waals surface area contributed by atoms with E-state index in [1.165, 1.54) is 24.3 Å². The van der Waals surface area contributed by atoms with Crippen molar-refractivity contribution in [2.24, 2.45) is 0 Å². The van der Waals surface area contributed by atoms with E-state index in [4.69, 9.17) is 0 Å². The summed E-state index contributed by atoms with van der Waals surface area (Å²) in [4.78, 5) is 28.7. The molecule has 0 unspecified atom stereocenters. The summed E-state index contributed by atoms with van der Waals surface area (Å²) in [6.45, 7) is 3.64. The lowest BCUT2D eigenvalue weighted by Crippen LogP contribution is -2.48. The standard InChI is InChI=1S/C19H20F3N3O2S/c1-13(26)23-12-16-5-6-17(28-16)18(27)25-9-7-24(8-10-25)15-4-2-3-14(11-15)19(20,21)22/h2-6,11H,7-10,12H2,1H3,(H,23,26). The highest BCUT2D eigenvalue weighted by Crippen LogP contribution is 2.32. The second-order valence-corrected chi connectivity index (χ2v) is 7.67. The van der Waals surface area contributed by atoms with Gasteiger partial charge in [-0.1, -0.05) is 6.07 Å². The molecule has 1 N–H and O–H groups in total. The fraction of sp³-hybridized carbons (Fsp3) is 0.368. The predicted molar refractivity (Wildman–Crippen MR) is 101 cm³/mol. The molecule has 0 radical (unpaired) electrons. The molecule has 2 amide bonds. The Hall–Kier alpha value is -2.55. The summed E-state index contributed by atoms with van der Waals surface area (Å²) >= 11 is 1.33. The first-order chi connectivity index (χ1) is 13.2. The normalized spacial score (nSPS) is 14.9. The summed E-state index contributed by atoms with van der Waals surface area (Å²) in [6.07, 6.45) is -4.37. The molecule has 0 atom stereocenters. The Morgan fingerprint density at radius 2 is 1.82 bits per heavy atom. The van der Waals surface area contributed by atoms with Gasteiger partial charge in [0.2, 0.25) is 5.91 Å². The number of halogens is 3. The number of hydrogen-bond acceptors (Lipinski definition) is 4. The molecule has 0 spiro atoms. The number of benzene rings is 1. The number of nitrogens with one attached hydrogen (secondary N) is 1. The smallest absolute Gasteiger partial charge is 0.368 e. The zero-order valence-corrected chi connectivity index (χ0v) is 16.1. The lowest BCUT2D eigenvalue weighted by Gasteiger charge is -2.36. The lowest BCUT2D eigenvalue weighted by molar-refractivity contribution is -0.137. The summed E-state index contributed by atoms with van der Waals surface area (Å²) in [5.74, 6) is -0.227. The van der Waals surface area contributed by atoms with Gasteiger partial charge in [0.1, 0.15) is 0 Å². The summed E-state index contributed by atoms with van der Waals surface area (Å²) < 4.78 is 38.7. The van der Waals surface area contributed by atoms with Gasteiger partial charge in [-0.3, -0.25) is 9.59 Å². The first-order valence-corrected chi connectivity index (χ1v) is 9.60. The van der Waals surface area contributed by atoms with Crippen LogP contribution in [0.25, 0.3) is 0 Å². The monoisotopic (exact) mass is 411 g/mol. The first kappa shape index (κ1) is 20.2. The van der Waals surface area contributed by atoms with E-state index in [1.54, 1.807) is 17.0 Å². The van der Waals surface area contributed by atoms with E-state index in [-0.39, 0.29) is 11.8 Å². The Morgan fingerprint density at radius 3 is 2.46 bits per heavy atom. The van der Waals surface area contributed by atoms with Crippen LogP contribution in [-0.4, -0.2) is 42.9 Å². The molecule has 1 fully saturated rings. The molecule has 2 aromatic rings. The van der Waals surface area contributed by atoms with Gasteiger partial charge in [-0.2, -0.15) is 13.2 Å². The maximum absolute atomic E-state index is 12.9. The zero-order chi connectivity index (χ0) is 20.3. The molecular weight excluding hydrogens is 391 g/mol. The summed E-state index contributed by atoms with van der Waals surface area (Å²) in [5, 5.41) is 2.69. The highest BCUT2D eigenvalue weighted by molar-refractivity contribution is 7.14. The van der Waals surface area contributed by atoms with Gasteiger partial charge in [0, 0.05) is 43.7 Å². The average molecular weight is 411 g/mol. The Kier molecular flexibility index (Phi) is 5.93. The van der Waals surface area contributed by atoms with Gasteiger partial charge in [-0.05, 0) is 30.3 Å². The number of anilines is 1. The third-order valence-electron chi connectivity index (χ3n) is 4.49. The molecule has 150 valence electrons. The highest BCUT2D eigenvalue weighted by atomic mass is 32.1. The minimum absolute atomic E-state index is 0.0947. The fourth-order valence-electron chi connectivity index (χ4n) is 3.00. The average Bonchev–Trinajstić information content (AvgIpc) is 3.14. The van der Waals surface area contributed by atoms with Crippen molar-refractivity contribution in [2.75, 3.05) is 31.1 Å². The van der Waals surface area contributed by atoms with Gasteiger partial charge in [0.05, 0.1) is 17.0 Å². The van der Waals surface area contributed by atoms with Crippen LogP contribution in [0, 0.1) is 0 Å². The van der Waals surface area contributed by atoms with E-state index in [1.807, 2.05) is 11.0 Å². The van der Waals surface area contributed by atoms with Gasteiger partial charge in [0.25, 0.3) is 5.91 Å². The fourth-order valence-corrected chi connectivity index (χ4v) is 3.92. The highest BCUT2D eigenvalue weighted by Gasteiger charge is 2.31. The maximum atomic E-state index is 12.9. The topological polar surface area (TPSA) is 52.7 Å². The van der Waals surface area contributed by atoms with Gasteiger partial charge >= 0.3 is 6.18 Å². The number of alkyl halides is 3. The van der Waals surface area contributed by atoms with Crippen molar-refractivity contribution < 1.29 is 22.8 Å². The van der Waals surface area contributed by atoms with Crippen LogP contribution in [0.4, 0.5) is 18.9 Å². The first-order valence-electron chi connectivity index (χ1n) is 8.78. The molecule has 0 saturated carbocycles. The van der Waals surface area contributed by atoms with Crippen LogP contribution in [0.15, 0.2) is 36.4 Å². The van der Waals surface area contributed by atoms with Crippen LogP contribution in [-0.2, 0) is 17.5 Å². The van der Waals surface area contributed by atoms with Crippen LogP contribution >= 0.6 is 11.3 Å². The molecule has 0 aliphatic carbocycles.